The molecule has 0 unspecified atom stereocenters. The molecule has 100 valence electrons. The number of para-hydroxylation sites is 1. The van der Waals surface area contributed by atoms with Crippen LogP contribution >= 0.6 is 11.8 Å². The van der Waals surface area contributed by atoms with E-state index in [2.05, 4.69) is 15.6 Å². The third kappa shape index (κ3) is 2.23. The van der Waals surface area contributed by atoms with E-state index in [0.29, 0.717) is 6.04 Å². The molecule has 1 aromatic heterocycles. The van der Waals surface area contributed by atoms with Gasteiger partial charge in [-0.1, -0.05) is 23.9 Å². The Kier molecular flexibility index (Phi) is 3.22. The van der Waals surface area contributed by atoms with Gasteiger partial charge in [0.2, 0.25) is 0 Å². The second-order valence-corrected chi connectivity index (χ2v) is 5.92. The number of carbonyl (C=O) groups is 1. The van der Waals surface area contributed by atoms with E-state index >= 15 is 0 Å². The molecule has 3 rings (SSSR count). The van der Waals surface area contributed by atoms with Crippen LogP contribution in [0.1, 0.15) is 30.9 Å². The van der Waals surface area contributed by atoms with Crippen molar-refractivity contribution in [2.24, 2.45) is 0 Å². The lowest BCUT2D eigenvalue weighted by atomic mass is 9.93. The van der Waals surface area contributed by atoms with Crippen molar-refractivity contribution in [3.8, 4) is 0 Å². The van der Waals surface area contributed by atoms with Crippen LogP contribution in [0.15, 0.2) is 23.4 Å². The van der Waals surface area contributed by atoms with E-state index in [1.165, 1.54) is 31.0 Å². The second-order valence-electron chi connectivity index (χ2n) is 4.97. The first kappa shape index (κ1) is 12.5. The lowest BCUT2D eigenvalue weighted by molar-refractivity contribution is -0.133. The molecule has 0 amide bonds. The van der Waals surface area contributed by atoms with Crippen LogP contribution in [0.4, 0.5) is 0 Å². The van der Waals surface area contributed by atoms with Crippen molar-refractivity contribution < 1.29 is 9.90 Å². The van der Waals surface area contributed by atoms with Crippen LogP contribution in [0, 0.1) is 6.92 Å². The van der Waals surface area contributed by atoms with Crippen molar-refractivity contribution in [3.05, 3.63) is 23.8 Å². The molecular weight excluding hydrogens is 260 g/mol. The number of nitrogens with zero attached hydrogens (tertiary/aromatic N) is 2. The van der Waals surface area contributed by atoms with Gasteiger partial charge < -0.3 is 9.67 Å². The molecule has 1 fully saturated rings. The summed E-state index contributed by atoms with van der Waals surface area (Å²) in [7, 11) is 0. The van der Waals surface area contributed by atoms with E-state index < -0.39 is 5.97 Å². The quantitative estimate of drug-likeness (QED) is 0.871. The summed E-state index contributed by atoms with van der Waals surface area (Å²) in [6, 6.07) is 6.66. The van der Waals surface area contributed by atoms with Gasteiger partial charge in [-0.3, -0.25) is 4.79 Å². The van der Waals surface area contributed by atoms with Gasteiger partial charge in [-0.25, -0.2) is 4.98 Å². The number of hydrogen-bond donors (Lipinski definition) is 1. The fourth-order valence-corrected chi connectivity index (χ4v) is 3.26. The van der Waals surface area contributed by atoms with Crippen LogP contribution in [0.3, 0.4) is 0 Å². The summed E-state index contributed by atoms with van der Waals surface area (Å²) in [4.78, 5) is 15.4. The summed E-state index contributed by atoms with van der Waals surface area (Å²) in [5.74, 6) is -0.733. The Labute approximate surface area is 115 Å². The maximum atomic E-state index is 10.8. The molecule has 5 heteroatoms. The summed E-state index contributed by atoms with van der Waals surface area (Å²) in [6.45, 7) is 2.05. The number of aryl methyl sites for hydroxylation is 1. The Morgan fingerprint density at radius 2 is 2.32 bits per heavy atom. The van der Waals surface area contributed by atoms with Crippen LogP contribution in [-0.4, -0.2) is 26.4 Å². The fourth-order valence-electron chi connectivity index (χ4n) is 2.46. The normalized spacial score (nSPS) is 15.6. The summed E-state index contributed by atoms with van der Waals surface area (Å²) < 4.78 is 2.24. The fraction of sp³-hybridized carbons (Fsp3) is 0.429. The van der Waals surface area contributed by atoms with Crippen LogP contribution in [0.2, 0.25) is 0 Å². The van der Waals surface area contributed by atoms with Crippen LogP contribution < -0.4 is 0 Å². The monoisotopic (exact) mass is 276 g/mol. The highest BCUT2D eigenvalue weighted by molar-refractivity contribution is 7.99. The zero-order chi connectivity index (χ0) is 13.4. The topological polar surface area (TPSA) is 55.1 Å². The van der Waals surface area contributed by atoms with Crippen molar-refractivity contribution >= 4 is 28.8 Å². The predicted octanol–water partition coefficient (Wildman–Crippen LogP) is 3.25. The largest absolute Gasteiger partial charge is 0.481 e. The molecule has 19 heavy (non-hydrogen) atoms. The van der Waals surface area contributed by atoms with Gasteiger partial charge in [0.05, 0.1) is 16.8 Å². The van der Waals surface area contributed by atoms with Gasteiger partial charge in [0, 0.05) is 6.04 Å². The molecule has 1 heterocycles. The SMILES string of the molecule is Cc1cccc2c1nc(SCC(=O)O)n2C1CCC1. The summed E-state index contributed by atoms with van der Waals surface area (Å²) in [6.07, 6.45) is 3.58. The molecular formula is C14H16N2O2S. The molecule has 1 aromatic carbocycles. The first-order chi connectivity index (χ1) is 9.16. The van der Waals surface area contributed by atoms with Gasteiger partial charge in [-0.15, -0.1) is 0 Å². The third-order valence-corrected chi connectivity index (χ3v) is 4.59. The molecule has 1 aliphatic carbocycles. The molecule has 0 saturated heterocycles. The molecule has 1 saturated carbocycles. The first-order valence-electron chi connectivity index (χ1n) is 6.49. The molecule has 1 N–H and O–H groups in total. The minimum absolute atomic E-state index is 0.0646. The zero-order valence-electron chi connectivity index (χ0n) is 10.8. The summed E-state index contributed by atoms with van der Waals surface area (Å²) in [5, 5.41) is 9.69. The van der Waals surface area contributed by atoms with Crippen molar-refractivity contribution in [2.45, 2.75) is 37.4 Å². The van der Waals surface area contributed by atoms with Gasteiger partial charge in [0.1, 0.15) is 0 Å². The average molecular weight is 276 g/mol. The highest BCUT2D eigenvalue weighted by Gasteiger charge is 2.25. The summed E-state index contributed by atoms with van der Waals surface area (Å²) in [5.41, 5.74) is 3.28. The Morgan fingerprint density at radius 3 is 2.95 bits per heavy atom. The van der Waals surface area contributed by atoms with E-state index in [-0.39, 0.29) is 5.75 Å². The number of carboxylic acid groups (broad SMARTS) is 1. The van der Waals surface area contributed by atoms with Crippen molar-refractivity contribution in [2.75, 3.05) is 5.75 Å². The van der Waals surface area contributed by atoms with Crippen molar-refractivity contribution in [3.63, 3.8) is 0 Å². The molecule has 2 aromatic rings. The number of carboxylic acids is 1. The zero-order valence-corrected chi connectivity index (χ0v) is 11.6. The smallest absolute Gasteiger partial charge is 0.313 e. The third-order valence-electron chi connectivity index (χ3n) is 3.65. The number of benzene rings is 1. The first-order valence-corrected chi connectivity index (χ1v) is 7.47. The summed E-state index contributed by atoms with van der Waals surface area (Å²) >= 11 is 1.32. The van der Waals surface area contributed by atoms with Gasteiger partial charge in [0.15, 0.2) is 5.16 Å². The molecule has 0 spiro atoms. The number of aromatic nitrogens is 2. The number of hydrogen-bond acceptors (Lipinski definition) is 3. The Morgan fingerprint density at radius 1 is 1.53 bits per heavy atom. The lowest BCUT2D eigenvalue weighted by Gasteiger charge is -2.28. The van der Waals surface area contributed by atoms with Gasteiger partial charge in [-0.2, -0.15) is 0 Å². The van der Waals surface area contributed by atoms with Crippen molar-refractivity contribution in [1.82, 2.24) is 9.55 Å². The van der Waals surface area contributed by atoms with Crippen molar-refractivity contribution in [1.29, 1.82) is 0 Å². The van der Waals surface area contributed by atoms with E-state index in [0.717, 1.165) is 21.8 Å². The van der Waals surface area contributed by atoms with Crippen LogP contribution in [0.25, 0.3) is 11.0 Å². The minimum Gasteiger partial charge on any atom is -0.481 e. The number of aliphatic carboxylic acids is 1. The van der Waals surface area contributed by atoms with E-state index in [1.807, 2.05) is 19.1 Å². The lowest BCUT2D eigenvalue weighted by Crippen LogP contribution is -2.18. The van der Waals surface area contributed by atoms with E-state index in [4.69, 9.17) is 5.11 Å². The number of imidazole rings is 1. The Bertz CT molecular complexity index is 632. The number of fused-ring (bicyclic) bond motifs is 1. The maximum Gasteiger partial charge on any atom is 0.313 e. The highest BCUT2D eigenvalue weighted by atomic mass is 32.2. The average Bonchev–Trinajstić information content (AvgIpc) is 2.65. The molecule has 0 bridgehead atoms. The van der Waals surface area contributed by atoms with E-state index in [1.54, 1.807) is 0 Å². The Balaban J connectivity index is 2.07. The Hall–Kier alpha value is -1.49. The van der Waals surface area contributed by atoms with Gasteiger partial charge in [0.25, 0.3) is 0 Å². The standard InChI is InChI=1S/C14H16N2O2S/c1-9-4-2-7-11-13(9)15-14(19-8-12(17)18)16(11)10-5-3-6-10/h2,4,7,10H,3,5-6,8H2,1H3,(H,17,18). The molecule has 0 aliphatic heterocycles. The van der Waals surface area contributed by atoms with Crippen LogP contribution in [0.5, 0.6) is 0 Å². The molecule has 0 radical (unpaired) electrons. The molecule has 0 atom stereocenters. The molecule has 4 nitrogen and oxygen atoms in total. The van der Waals surface area contributed by atoms with Gasteiger partial charge in [-0.05, 0) is 37.8 Å². The van der Waals surface area contributed by atoms with Crippen LogP contribution in [-0.2, 0) is 4.79 Å². The minimum atomic E-state index is -0.797. The number of rotatable bonds is 4. The molecule has 1 aliphatic rings. The van der Waals surface area contributed by atoms with E-state index in [9.17, 15) is 4.79 Å². The highest BCUT2D eigenvalue weighted by Crippen LogP contribution is 2.38. The van der Waals surface area contributed by atoms with Gasteiger partial charge >= 0.3 is 5.97 Å². The second kappa shape index (κ2) is 4.89. The maximum absolute atomic E-state index is 10.8. The predicted molar refractivity (Wildman–Crippen MR) is 75.7 cm³/mol. The number of thioether (sulfide) groups is 1.